The van der Waals surface area contributed by atoms with Gasteiger partial charge < -0.3 is 16.4 Å². The lowest BCUT2D eigenvalue weighted by Crippen LogP contribution is -2.31. The molecule has 0 unspecified atom stereocenters. The molecule has 104 valence electrons. The number of halogens is 1. The highest BCUT2D eigenvalue weighted by Gasteiger charge is 2.10. The van der Waals surface area contributed by atoms with Crippen molar-refractivity contribution in [1.29, 1.82) is 0 Å². The first-order valence-electron chi connectivity index (χ1n) is 6.14. The second-order valence-corrected chi connectivity index (χ2v) is 5.00. The molecule has 1 rings (SSSR count). The summed E-state index contributed by atoms with van der Waals surface area (Å²) in [5.41, 5.74) is 6.57. The van der Waals surface area contributed by atoms with Gasteiger partial charge in [-0.2, -0.15) is 0 Å². The number of nitrogen functional groups attached to an aromatic ring is 1. The molecule has 0 saturated carbocycles. The van der Waals surface area contributed by atoms with Crippen LogP contribution in [0.1, 0.15) is 30.1 Å². The quantitative estimate of drug-likeness (QED) is 0.695. The lowest BCUT2D eigenvalue weighted by Gasteiger charge is -2.08. The van der Waals surface area contributed by atoms with Crippen LogP contribution in [0, 0.1) is 0 Å². The van der Waals surface area contributed by atoms with Crippen LogP contribution in [0.5, 0.6) is 0 Å². The van der Waals surface area contributed by atoms with E-state index in [1.54, 1.807) is 18.2 Å². The molecule has 4 N–H and O–H groups in total. The van der Waals surface area contributed by atoms with E-state index in [0.29, 0.717) is 24.3 Å². The van der Waals surface area contributed by atoms with E-state index in [9.17, 15) is 9.59 Å². The van der Waals surface area contributed by atoms with Crippen molar-refractivity contribution >= 4 is 33.4 Å². The largest absolute Gasteiger partial charge is 0.398 e. The Morgan fingerprint density at radius 3 is 2.63 bits per heavy atom. The number of anilines is 1. The van der Waals surface area contributed by atoms with Crippen molar-refractivity contribution in [2.45, 2.75) is 19.8 Å². The highest BCUT2D eigenvalue weighted by molar-refractivity contribution is 9.10. The monoisotopic (exact) mass is 327 g/mol. The second-order valence-electron chi connectivity index (χ2n) is 4.09. The smallest absolute Gasteiger partial charge is 0.253 e. The number of nitrogens with two attached hydrogens (primary N) is 1. The van der Waals surface area contributed by atoms with E-state index < -0.39 is 0 Å². The Labute approximate surface area is 121 Å². The van der Waals surface area contributed by atoms with Gasteiger partial charge in [0.1, 0.15) is 0 Å². The molecule has 19 heavy (non-hydrogen) atoms. The van der Waals surface area contributed by atoms with Crippen LogP contribution >= 0.6 is 15.9 Å². The number of rotatable bonds is 6. The maximum Gasteiger partial charge on any atom is 0.253 e. The molecule has 0 saturated heterocycles. The SMILES string of the molecule is CCCNC(=O)CCNC(=O)c1ccc(Br)cc1N. The minimum atomic E-state index is -0.270. The summed E-state index contributed by atoms with van der Waals surface area (Å²) in [6, 6.07) is 5.06. The molecular weight excluding hydrogens is 310 g/mol. The number of hydrogen-bond donors (Lipinski definition) is 3. The first-order valence-corrected chi connectivity index (χ1v) is 6.93. The van der Waals surface area contributed by atoms with E-state index in [2.05, 4.69) is 26.6 Å². The summed E-state index contributed by atoms with van der Waals surface area (Å²) in [5.74, 6) is -0.334. The Morgan fingerprint density at radius 1 is 1.26 bits per heavy atom. The zero-order valence-corrected chi connectivity index (χ0v) is 12.4. The normalized spacial score (nSPS) is 10.0. The summed E-state index contributed by atoms with van der Waals surface area (Å²) < 4.78 is 0.820. The van der Waals surface area contributed by atoms with Crippen LogP contribution in [0.15, 0.2) is 22.7 Å². The van der Waals surface area contributed by atoms with Crippen LogP contribution in [-0.4, -0.2) is 24.9 Å². The topological polar surface area (TPSA) is 84.2 Å². The number of carbonyl (C=O) groups excluding carboxylic acids is 2. The van der Waals surface area contributed by atoms with Gasteiger partial charge in [0.05, 0.1) is 5.56 Å². The van der Waals surface area contributed by atoms with Gasteiger partial charge >= 0.3 is 0 Å². The lowest BCUT2D eigenvalue weighted by atomic mass is 10.1. The van der Waals surface area contributed by atoms with E-state index in [-0.39, 0.29) is 18.2 Å². The van der Waals surface area contributed by atoms with E-state index in [0.717, 1.165) is 10.9 Å². The van der Waals surface area contributed by atoms with Gasteiger partial charge in [-0.15, -0.1) is 0 Å². The fraction of sp³-hybridized carbons (Fsp3) is 0.385. The molecule has 0 atom stereocenters. The fourth-order valence-corrected chi connectivity index (χ4v) is 1.86. The minimum absolute atomic E-state index is 0.0640. The predicted molar refractivity (Wildman–Crippen MR) is 78.8 cm³/mol. The molecule has 0 heterocycles. The van der Waals surface area contributed by atoms with Gasteiger partial charge in [-0.1, -0.05) is 22.9 Å². The van der Waals surface area contributed by atoms with E-state index in [1.165, 1.54) is 0 Å². The van der Waals surface area contributed by atoms with Crippen molar-refractivity contribution in [3.8, 4) is 0 Å². The van der Waals surface area contributed by atoms with E-state index in [4.69, 9.17) is 5.73 Å². The Morgan fingerprint density at radius 2 is 2.00 bits per heavy atom. The molecule has 1 aromatic carbocycles. The third-order valence-electron chi connectivity index (χ3n) is 2.47. The molecule has 1 aromatic rings. The number of amides is 2. The molecule has 0 bridgehead atoms. The summed E-state index contributed by atoms with van der Waals surface area (Å²) in [4.78, 5) is 23.2. The molecule has 0 aliphatic carbocycles. The summed E-state index contributed by atoms with van der Waals surface area (Å²) in [6.45, 7) is 2.94. The highest BCUT2D eigenvalue weighted by Crippen LogP contribution is 2.18. The predicted octanol–water partition coefficient (Wildman–Crippen LogP) is 1.68. The third kappa shape index (κ3) is 5.30. The van der Waals surface area contributed by atoms with Gasteiger partial charge in [-0.05, 0) is 24.6 Å². The van der Waals surface area contributed by atoms with Crippen LogP contribution in [0.4, 0.5) is 5.69 Å². The number of hydrogen-bond acceptors (Lipinski definition) is 3. The van der Waals surface area contributed by atoms with Crippen molar-refractivity contribution in [1.82, 2.24) is 10.6 Å². The van der Waals surface area contributed by atoms with Crippen molar-refractivity contribution < 1.29 is 9.59 Å². The van der Waals surface area contributed by atoms with Crippen LogP contribution in [0.25, 0.3) is 0 Å². The molecule has 0 radical (unpaired) electrons. The minimum Gasteiger partial charge on any atom is -0.398 e. The first kappa shape index (κ1) is 15.5. The molecule has 0 fully saturated rings. The Kier molecular flexibility index (Phi) is 6.35. The van der Waals surface area contributed by atoms with Gasteiger partial charge in [-0.3, -0.25) is 9.59 Å². The summed E-state index contributed by atoms with van der Waals surface area (Å²) in [5, 5.41) is 5.42. The highest BCUT2D eigenvalue weighted by atomic mass is 79.9. The average molecular weight is 328 g/mol. The van der Waals surface area contributed by atoms with Gasteiger partial charge in [-0.25, -0.2) is 0 Å². The van der Waals surface area contributed by atoms with Gasteiger partial charge in [0.2, 0.25) is 5.91 Å². The van der Waals surface area contributed by atoms with Gasteiger partial charge in [0.25, 0.3) is 5.91 Å². The molecule has 0 aliphatic heterocycles. The summed E-state index contributed by atoms with van der Waals surface area (Å²) in [7, 11) is 0. The zero-order valence-electron chi connectivity index (χ0n) is 10.8. The molecular formula is C13H18BrN3O2. The molecule has 2 amide bonds. The van der Waals surface area contributed by atoms with Crippen molar-refractivity contribution in [2.75, 3.05) is 18.8 Å². The summed E-state index contributed by atoms with van der Waals surface area (Å²) >= 11 is 3.28. The van der Waals surface area contributed by atoms with Crippen LogP contribution in [0.3, 0.4) is 0 Å². The van der Waals surface area contributed by atoms with E-state index >= 15 is 0 Å². The van der Waals surface area contributed by atoms with Crippen molar-refractivity contribution in [3.05, 3.63) is 28.2 Å². The Bertz CT molecular complexity index is 463. The number of benzene rings is 1. The molecule has 0 aliphatic rings. The zero-order chi connectivity index (χ0) is 14.3. The fourth-order valence-electron chi connectivity index (χ4n) is 1.48. The Balaban J connectivity index is 2.41. The molecule has 0 spiro atoms. The molecule has 6 heteroatoms. The Hall–Kier alpha value is -1.56. The van der Waals surface area contributed by atoms with Crippen LogP contribution in [-0.2, 0) is 4.79 Å². The second kappa shape index (κ2) is 7.78. The third-order valence-corrected chi connectivity index (χ3v) is 2.96. The maximum atomic E-state index is 11.8. The lowest BCUT2D eigenvalue weighted by molar-refractivity contribution is -0.120. The van der Waals surface area contributed by atoms with E-state index in [1.807, 2.05) is 6.92 Å². The maximum absolute atomic E-state index is 11.8. The standard InChI is InChI=1S/C13H18BrN3O2/c1-2-6-16-12(18)5-7-17-13(19)10-4-3-9(14)8-11(10)15/h3-4,8H,2,5-7,15H2,1H3,(H,16,18)(H,17,19). The van der Waals surface area contributed by atoms with Crippen LogP contribution < -0.4 is 16.4 Å². The van der Waals surface area contributed by atoms with Crippen molar-refractivity contribution in [3.63, 3.8) is 0 Å². The van der Waals surface area contributed by atoms with Crippen LogP contribution in [0.2, 0.25) is 0 Å². The molecule has 5 nitrogen and oxygen atoms in total. The molecule has 0 aromatic heterocycles. The van der Waals surface area contributed by atoms with Crippen molar-refractivity contribution in [2.24, 2.45) is 0 Å². The van der Waals surface area contributed by atoms with Gasteiger partial charge in [0, 0.05) is 29.7 Å². The number of nitrogens with one attached hydrogen (secondary N) is 2. The average Bonchev–Trinajstić information content (AvgIpc) is 2.36. The number of carbonyl (C=O) groups is 2. The first-order chi connectivity index (χ1) is 9.04. The summed E-state index contributed by atoms with van der Waals surface area (Å²) in [6.07, 6.45) is 1.16. The van der Waals surface area contributed by atoms with Gasteiger partial charge in [0.15, 0.2) is 0 Å².